The first-order valence-electron chi connectivity index (χ1n) is 8.93. The average Bonchev–Trinajstić information content (AvgIpc) is 3.29. The van der Waals surface area contributed by atoms with Gasteiger partial charge in [-0.15, -0.1) is 11.3 Å². The van der Waals surface area contributed by atoms with Crippen molar-refractivity contribution in [1.82, 2.24) is 19.2 Å². The third-order valence-corrected chi connectivity index (χ3v) is 5.66. The molecule has 146 valence electrons. The van der Waals surface area contributed by atoms with Gasteiger partial charge in [-0.1, -0.05) is 11.6 Å². The van der Waals surface area contributed by atoms with E-state index in [2.05, 4.69) is 4.98 Å². The van der Waals surface area contributed by atoms with E-state index < -0.39 is 0 Å². The van der Waals surface area contributed by atoms with Crippen molar-refractivity contribution in [2.45, 2.75) is 6.42 Å². The Morgan fingerprint density at radius 3 is 2.43 bits per heavy atom. The quantitative estimate of drug-likeness (QED) is 0.637. The third kappa shape index (κ3) is 4.28. The Morgan fingerprint density at radius 1 is 1.07 bits per heavy atom. The number of ether oxygens (including phenoxy) is 1. The molecule has 0 unspecified atom stereocenters. The molecule has 3 heterocycles. The summed E-state index contributed by atoms with van der Waals surface area (Å²) in [7, 11) is 0. The van der Waals surface area contributed by atoms with Gasteiger partial charge in [0.2, 0.25) is 5.91 Å². The van der Waals surface area contributed by atoms with E-state index in [1.165, 1.54) is 0 Å². The lowest BCUT2D eigenvalue weighted by atomic mass is 10.2. The number of hydrogen-bond acceptors (Lipinski definition) is 5. The first-order chi connectivity index (χ1) is 13.6. The molecule has 0 aliphatic carbocycles. The van der Waals surface area contributed by atoms with Gasteiger partial charge in [0.15, 0.2) is 11.6 Å². The maximum Gasteiger partial charge on any atom is 0.260 e. The summed E-state index contributed by atoms with van der Waals surface area (Å²) in [5.41, 5.74) is 0.770. The number of hydrogen-bond donors (Lipinski definition) is 0. The van der Waals surface area contributed by atoms with Crippen LogP contribution in [0.4, 0.5) is 0 Å². The van der Waals surface area contributed by atoms with Crippen LogP contribution in [0.25, 0.3) is 4.96 Å². The molecule has 0 atom stereocenters. The summed E-state index contributed by atoms with van der Waals surface area (Å²) in [5.74, 6) is 0.554. The number of fused-ring (bicyclic) bond motifs is 1. The molecule has 1 aliphatic rings. The average molecular weight is 419 g/mol. The fourth-order valence-electron chi connectivity index (χ4n) is 3.10. The lowest BCUT2D eigenvalue weighted by Crippen LogP contribution is -2.52. The number of imidazole rings is 1. The molecule has 1 fully saturated rings. The predicted molar refractivity (Wildman–Crippen MR) is 107 cm³/mol. The van der Waals surface area contributed by atoms with Gasteiger partial charge in [0.05, 0.1) is 12.1 Å². The largest absolute Gasteiger partial charge is 0.484 e. The van der Waals surface area contributed by atoms with Crippen molar-refractivity contribution in [3.63, 3.8) is 0 Å². The van der Waals surface area contributed by atoms with E-state index >= 15 is 0 Å². The van der Waals surface area contributed by atoms with Crippen molar-refractivity contribution in [2.75, 3.05) is 32.8 Å². The molecule has 0 bridgehead atoms. The Labute approximate surface area is 171 Å². The second-order valence-electron chi connectivity index (χ2n) is 6.51. The Kier molecular flexibility index (Phi) is 5.50. The van der Waals surface area contributed by atoms with E-state index in [-0.39, 0.29) is 24.8 Å². The molecule has 0 saturated carbocycles. The molecule has 2 amide bonds. The number of piperazine rings is 1. The van der Waals surface area contributed by atoms with Gasteiger partial charge in [0, 0.05) is 49.0 Å². The van der Waals surface area contributed by atoms with E-state index in [1.54, 1.807) is 45.4 Å². The normalized spacial score (nSPS) is 14.5. The zero-order chi connectivity index (χ0) is 19.5. The van der Waals surface area contributed by atoms with Crippen LogP contribution in [0.3, 0.4) is 0 Å². The van der Waals surface area contributed by atoms with Crippen LogP contribution in [0, 0.1) is 0 Å². The summed E-state index contributed by atoms with van der Waals surface area (Å²) >= 11 is 7.38. The highest BCUT2D eigenvalue weighted by Crippen LogP contribution is 2.16. The van der Waals surface area contributed by atoms with Crippen LogP contribution in [0.1, 0.15) is 5.69 Å². The van der Waals surface area contributed by atoms with Gasteiger partial charge in [-0.25, -0.2) is 4.98 Å². The summed E-state index contributed by atoms with van der Waals surface area (Å²) in [4.78, 5) is 33.7. The number of aromatic nitrogens is 2. The summed E-state index contributed by atoms with van der Waals surface area (Å²) < 4.78 is 7.43. The summed E-state index contributed by atoms with van der Waals surface area (Å²) in [5, 5.41) is 2.58. The van der Waals surface area contributed by atoms with E-state index in [4.69, 9.17) is 16.3 Å². The van der Waals surface area contributed by atoms with Gasteiger partial charge in [-0.05, 0) is 24.3 Å². The first kappa shape index (κ1) is 18.8. The second kappa shape index (κ2) is 8.20. The summed E-state index contributed by atoms with van der Waals surface area (Å²) in [6.07, 6.45) is 4.09. The number of thiazole rings is 1. The SMILES string of the molecule is O=C(COc1ccc(Cl)cc1)N1CCN(C(=O)Cc2cn3ccsc3n2)CC1. The highest BCUT2D eigenvalue weighted by molar-refractivity contribution is 7.15. The lowest BCUT2D eigenvalue weighted by molar-refractivity contribution is -0.140. The highest BCUT2D eigenvalue weighted by atomic mass is 35.5. The van der Waals surface area contributed by atoms with Crippen LogP contribution in [-0.4, -0.2) is 63.8 Å². The van der Waals surface area contributed by atoms with Gasteiger partial charge in [0.1, 0.15) is 5.75 Å². The molecule has 1 saturated heterocycles. The third-order valence-electron chi connectivity index (χ3n) is 4.64. The molecular formula is C19H19ClN4O3S. The molecule has 4 rings (SSSR count). The van der Waals surface area contributed by atoms with Crippen LogP contribution in [-0.2, 0) is 16.0 Å². The maximum absolute atomic E-state index is 12.5. The Bertz CT molecular complexity index is 948. The van der Waals surface area contributed by atoms with Gasteiger partial charge in [-0.3, -0.25) is 14.0 Å². The Morgan fingerprint density at radius 2 is 1.75 bits per heavy atom. The van der Waals surface area contributed by atoms with Gasteiger partial charge >= 0.3 is 0 Å². The molecular weight excluding hydrogens is 400 g/mol. The van der Waals surface area contributed by atoms with Crippen LogP contribution < -0.4 is 4.74 Å². The number of carbonyl (C=O) groups excluding carboxylic acids is 2. The van der Waals surface area contributed by atoms with Crippen LogP contribution in [0.2, 0.25) is 5.02 Å². The number of carbonyl (C=O) groups is 2. The molecule has 0 radical (unpaired) electrons. The molecule has 0 N–H and O–H groups in total. The number of rotatable bonds is 5. The fraction of sp³-hybridized carbons (Fsp3) is 0.316. The minimum atomic E-state index is -0.0867. The van der Waals surface area contributed by atoms with E-state index in [1.807, 2.05) is 22.2 Å². The van der Waals surface area contributed by atoms with Crippen molar-refractivity contribution >= 4 is 39.7 Å². The number of halogens is 1. The van der Waals surface area contributed by atoms with Crippen LogP contribution in [0.15, 0.2) is 42.0 Å². The van der Waals surface area contributed by atoms with Gasteiger partial charge < -0.3 is 14.5 Å². The molecule has 3 aromatic rings. The zero-order valence-corrected chi connectivity index (χ0v) is 16.7. The highest BCUT2D eigenvalue weighted by Gasteiger charge is 2.25. The van der Waals surface area contributed by atoms with E-state index in [9.17, 15) is 9.59 Å². The molecule has 0 spiro atoms. The van der Waals surface area contributed by atoms with E-state index in [0.717, 1.165) is 10.7 Å². The molecule has 1 aromatic carbocycles. The van der Waals surface area contributed by atoms with Crippen molar-refractivity contribution in [3.05, 3.63) is 52.8 Å². The number of benzene rings is 1. The van der Waals surface area contributed by atoms with Crippen LogP contribution in [0.5, 0.6) is 5.75 Å². The molecule has 1 aliphatic heterocycles. The lowest BCUT2D eigenvalue weighted by Gasteiger charge is -2.34. The Balaban J connectivity index is 1.24. The molecule has 28 heavy (non-hydrogen) atoms. The monoisotopic (exact) mass is 418 g/mol. The Hall–Kier alpha value is -2.58. The summed E-state index contributed by atoms with van der Waals surface area (Å²) in [6.45, 7) is 2.03. The van der Waals surface area contributed by atoms with Crippen molar-refractivity contribution in [1.29, 1.82) is 0 Å². The second-order valence-corrected chi connectivity index (χ2v) is 7.82. The predicted octanol–water partition coefficient (Wildman–Crippen LogP) is 2.34. The van der Waals surface area contributed by atoms with E-state index in [0.29, 0.717) is 37.0 Å². The van der Waals surface area contributed by atoms with Crippen LogP contribution >= 0.6 is 22.9 Å². The summed E-state index contributed by atoms with van der Waals surface area (Å²) in [6, 6.07) is 6.89. The van der Waals surface area contributed by atoms with Gasteiger partial charge in [-0.2, -0.15) is 0 Å². The standard InChI is InChI=1S/C19H19ClN4O3S/c20-14-1-3-16(4-2-14)27-13-18(26)23-7-5-22(6-8-23)17(25)11-15-12-24-9-10-28-19(24)21-15/h1-4,9-10,12H,5-8,11,13H2. The molecule has 7 nitrogen and oxygen atoms in total. The fourth-order valence-corrected chi connectivity index (χ4v) is 3.95. The van der Waals surface area contributed by atoms with Crippen molar-refractivity contribution in [2.24, 2.45) is 0 Å². The van der Waals surface area contributed by atoms with Crippen molar-refractivity contribution < 1.29 is 14.3 Å². The van der Waals surface area contributed by atoms with Crippen molar-refractivity contribution in [3.8, 4) is 5.75 Å². The van der Waals surface area contributed by atoms with Gasteiger partial charge in [0.25, 0.3) is 5.91 Å². The minimum Gasteiger partial charge on any atom is -0.484 e. The zero-order valence-electron chi connectivity index (χ0n) is 15.1. The first-order valence-corrected chi connectivity index (χ1v) is 10.2. The smallest absolute Gasteiger partial charge is 0.260 e. The molecule has 2 aromatic heterocycles. The topological polar surface area (TPSA) is 67.2 Å². The molecule has 9 heteroatoms. The minimum absolute atomic E-state index is 0.0268. The number of nitrogens with zero attached hydrogens (tertiary/aromatic N) is 4. The number of amides is 2. The maximum atomic E-state index is 12.5.